The van der Waals surface area contributed by atoms with Crippen LogP contribution in [0.4, 0.5) is 17.8 Å². The average molecular weight is 292 g/mol. The van der Waals surface area contributed by atoms with Crippen LogP contribution in [0.1, 0.15) is 20.3 Å². The molecule has 0 aromatic carbocycles. The first-order chi connectivity index (χ1) is 10.3. The van der Waals surface area contributed by atoms with Gasteiger partial charge in [0.1, 0.15) is 0 Å². The Morgan fingerprint density at radius 3 is 2.43 bits per heavy atom. The summed E-state index contributed by atoms with van der Waals surface area (Å²) >= 11 is 0. The van der Waals surface area contributed by atoms with Gasteiger partial charge >= 0.3 is 0 Å². The van der Waals surface area contributed by atoms with Crippen LogP contribution in [-0.4, -0.2) is 60.9 Å². The summed E-state index contributed by atoms with van der Waals surface area (Å²) in [4.78, 5) is 18.2. The van der Waals surface area contributed by atoms with Gasteiger partial charge in [0, 0.05) is 32.7 Å². The van der Waals surface area contributed by atoms with E-state index in [-0.39, 0.29) is 0 Å². The maximum atomic E-state index is 5.40. The Hall–Kier alpha value is -1.63. The van der Waals surface area contributed by atoms with Gasteiger partial charge in [-0.3, -0.25) is 0 Å². The zero-order valence-corrected chi connectivity index (χ0v) is 12.9. The highest BCUT2D eigenvalue weighted by molar-refractivity contribution is 5.46. The van der Waals surface area contributed by atoms with Crippen molar-refractivity contribution in [2.24, 2.45) is 5.92 Å². The van der Waals surface area contributed by atoms with Crippen molar-refractivity contribution in [3.05, 3.63) is 0 Å². The summed E-state index contributed by atoms with van der Waals surface area (Å²) in [7, 11) is 0. The molecule has 1 N–H and O–H groups in total. The minimum Gasteiger partial charge on any atom is -0.378 e. The van der Waals surface area contributed by atoms with Crippen LogP contribution in [0.15, 0.2) is 0 Å². The molecule has 2 fully saturated rings. The fourth-order valence-electron chi connectivity index (χ4n) is 2.75. The van der Waals surface area contributed by atoms with Gasteiger partial charge in [0.05, 0.1) is 13.2 Å². The van der Waals surface area contributed by atoms with Gasteiger partial charge < -0.3 is 19.9 Å². The van der Waals surface area contributed by atoms with E-state index in [1.807, 2.05) is 0 Å². The Morgan fingerprint density at radius 2 is 1.81 bits per heavy atom. The van der Waals surface area contributed by atoms with Crippen molar-refractivity contribution in [2.75, 3.05) is 61.1 Å². The fourth-order valence-corrected chi connectivity index (χ4v) is 2.75. The SMILES string of the molecule is CCNc1nc(N2CCOCC2)nc(N2CCC(C)C2)n1. The molecule has 1 atom stereocenters. The summed E-state index contributed by atoms with van der Waals surface area (Å²) < 4.78 is 5.40. The van der Waals surface area contributed by atoms with Gasteiger partial charge in [-0.25, -0.2) is 0 Å². The van der Waals surface area contributed by atoms with Crippen molar-refractivity contribution < 1.29 is 4.74 Å². The molecule has 2 aliphatic heterocycles. The molecule has 3 heterocycles. The molecule has 7 nitrogen and oxygen atoms in total. The largest absolute Gasteiger partial charge is 0.378 e. The molecule has 0 spiro atoms. The lowest BCUT2D eigenvalue weighted by atomic mass is 10.2. The van der Waals surface area contributed by atoms with Crippen molar-refractivity contribution >= 4 is 17.8 Å². The van der Waals surface area contributed by atoms with Crippen LogP contribution in [-0.2, 0) is 4.74 Å². The molecular weight excluding hydrogens is 268 g/mol. The zero-order chi connectivity index (χ0) is 14.7. The monoisotopic (exact) mass is 292 g/mol. The molecule has 0 bridgehead atoms. The summed E-state index contributed by atoms with van der Waals surface area (Å²) in [5, 5.41) is 3.22. The highest BCUT2D eigenvalue weighted by atomic mass is 16.5. The molecule has 2 aliphatic rings. The molecular formula is C14H24N6O. The van der Waals surface area contributed by atoms with E-state index >= 15 is 0 Å². The number of morpholine rings is 1. The first-order valence-corrected chi connectivity index (χ1v) is 7.84. The highest BCUT2D eigenvalue weighted by Crippen LogP contribution is 2.23. The molecule has 0 radical (unpaired) electrons. The third-order valence-corrected chi connectivity index (χ3v) is 3.95. The molecule has 7 heteroatoms. The predicted octanol–water partition coefficient (Wildman–Crippen LogP) is 0.986. The molecule has 1 unspecified atom stereocenters. The minimum atomic E-state index is 0.670. The van der Waals surface area contributed by atoms with Crippen LogP contribution < -0.4 is 15.1 Å². The first-order valence-electron chi connectivity index (χ1n) is 7.84. The third-order valence-electron chi connectivity index (χ3n) is 3.95. The lowest BCUT2D eigenvalue weighted by Gasteiger charge is -2.28. The second-order valence-corrected chi connectivity index (χ2v) is 5.73. The molecule has 116 valence electrons. The van der Waals surface area contributed by atoms with E-state index < -0.39 is 0 Å². The maximum Gasteiger partial charge on any atom is 0.232 e. The summed E-state index contributed by atoms with van der Waals surface area (Å²) in [6.45, 7) is 10.3. The van der Waals surface area contributed by atoms with Crippen molar-refractivity contribution in [1.29, 1.82) is 0 Å². The van der Waals surface area contributed by atoms with Crippen LogP contribution in [0.25, 0.3) is 0 Å². The molecule has 1 aromatic heterocycles. The number of ether oxygens (including phenoxy) is 1. The van der Waals surface area contributed by atoms with E-state index in [2.05, 4.69) is 43.9 Å². The number of nitrogens with one attached hydrogen (secondary N) is 1. The highest BCUT2D eigenvalue weighted by Gasteiger charge is 2.24. The predicted molar refractivity (Wildman–Crippen MR) is 83.0 cm³/mol. The fraction of sp³-hybridized carbons (Fsp3) is 0.786. The Morgan fingerprint density at radius 1 is 1.10 bits per heavy atom. The van der Waals surface area contributed by atoms with Crippen LogP contribution in [0.3, 0.4) is 0 Å². The molecule has 1 aromatic rings. The van der Waals surface area contributed by atoms with E-state index in [0.29, 0.717) is 11.9 Å². The second kappa shape index (κ2) is 6.43. The molecule has 21 heavy (non-hydrogen) atoms. The van der Waals surface area contributed by atoms with Gasteiger partial charge in [-0.2, -0.15) is 15.0 Å². The number of anilines is 3. The van der Waals surface area contributed by atoms with Crippen LogP contribution in [0, 0.1) is 5.92 Å². The smallest absolute Gasteiger partial charge is 0.232 e. The standard InChI is InChI=1S/C14H24N6O/c1-3-15-12-16-13(19-6-8-21-9-7-19)18-14(17-12)20-5-4-11(2)10-20/h11H,3-10H2,1-2H3,(H,15,16,17,18). The Kier molecular flexibility index (Phi) is 4.38. The van der Waals surface area contributed by atoms with E-state index in [1.165, 1.54) is 6.42 Å². The van der Waals surface area contributed by atoms with Crippen molar-refractivity contribution in [2.45, 2.75) is 20.3 Å². The molecule has 0 saturated carbocycles. The topological polar surface area (TPSA) is 66.4 Å². The van der Waals surface area contributed by atoms with Gasteiger partial charge in [-0.15, -0.1) is 0 Å². The van der Waals surface area contributed by atoms with Gasteiger partial charge in [-0.1, -0.05) is 6.92 Å². The molecule has 2 saturated heterocycles. The lowest BCUT2D eigenvalue weighted by Crippen LogP contribution is -2.38. The van der Waals surface area contributed by atoms with Gasteiger partial charge in [0.25, 0.3) is 0 Å². The Balaban J connectivity index is 1.86. The van der Waals surface area contributed by atoms with Crippen molar-refractivity contribution in [1.82, 2.24) is 15.0 Å². The Labute approximate surface area is 125 Å². The molecule has 0 amide bonds. The zero-order valence-electron chi connectivity index (χ0n) is 12.9. The van der Waals surface area contributed by atoms with Crippen molar-refractivity contribution in [3.8, 4) is 0 Å². The normalized spacial score (nSPS) is 22.7. The summed E-state index contributed by atoms with van der Waals surface area (Å²) in [5.41, 5.74) is 0. The van der Waals surface area contributed by atoms with E-state index in [0.717, 1.165) is 57.8 Å². The van der Waals surface area contributed by atoms with Crippen molar-refractivity contribution in [3.63, 3.8) is 0 Å². The third kappa shape index (κ3) is 3.34. The lowest BCUT2D eigenvalue weighted by molar-refractivity contribution is 0.122. The molecule has 3 rings (SSSR count). The van der Waals surface area contributed by atoms with Gasteiger partial charge in [0.2, 0.25) is 17.8 Å². The quantitative estimate of drug-likeness (QED) is 0.887. The number of nitrogens with zero attached hydrogens (tertiary/aromatic N) is 5. The minimum absolute atomic E-state index is 0.670. The van der Waals surface area contributed by atoms with Gasteiger partial charge in [-0.05, 0) is 19.3 Å². The summed E-state index contributed by atoms with van der Waals surface area (Å²) in [6.07, 6.45) is 1.20. The number of hydrogen-bond donors (Lipinski definition) is 1. The number of aromatic nitrogens is 3. The summed E-state index contributed by atoms with van der Waals surface area (Å²) in [6, 6.07) is 0. The van der Waals surface area contributed by atoms with Crippen LogP contribution in [0.5, 0.6) is 0 Å². The average Bonchev–Trinajstić information content (AvgIpc) is 2.95. The second-order valence-electron chi connectivity index (χ2n) is 5.73. The molecule has 0 aliphatic carbocycles. The van der Waals surface area contributed by atoms with E-state index in [1.54, 1.807) is 0 Å². The Bertz CT molecular complexity index is 454. The van der Waals surface area contributed by atoms with E-state index in [9.17, 15) is 0 Å². The number of rotatable bonds is 4. The van der Waals surface area contributed by atoms with Crippen LogP contribution >= 0.6 is 0 Å². The number of hydrogen-bond acceptors (Lipinski definition) is 7. The first kappa shape index (κ1) is 14.3. The van der Waals surface area contributed by atoms with Gasteiger partial charge in [0.15, 0.2) is 0 Å². The maximum absolute atomic E-state index is 5.40. The van der Waals surface area contributed by atoms with Crippen LogP contribution in [0.2, 0.25) is 0 Å². The van der Waals surface area contributed by atoms with E-state index in [4.69, 9.17) is 4.74 Å². The summed E-state index contributed by atoms with van der Waals surface area (Å²) in [5.74, 6) is 2.94.